The molecular weight excluding hydrogens is 1550 g/mol. The highest BCUT2D eigenvalue weighted by atomic mass is 35.5. The molecule has 0 saturated carbocycles. The number of hydrogen-bond acceptors (Lipinski definition) is 8. The van der Waals surface area contributed by atoms with E-state index in [0.29, 0.717) is 58.9 Å². The smallest absolute Gasteiger partial charge is 0.318 e. The van der Waals surface area contributed by atoms with Gasteiger partial charge in [-0.25, -0.2) is 9.59 Å². The Bertz CT molecular complexity index is 4050. The van der Waals surface area contributed by atoms with Gasteiger partial charge >= 0.3 is 12.1 Å². The molecule has 588 valence electrons. The van der Waals surface area contributed by atoms with E-state index in [0.717, 1.165) is 96.4 Å². The molecule has 2 fully saturated rings. The Morgan fingerprint density at radius 1 is 0.436 bits per heavy atom. The zero-order chi connectivity index (χ0) is 75.5. The van der Waals surface area contributed by atoms with E-state index in [1.807, 2.05) is 198 Å². The van der Waals surface area contributed by atoms with E-state index >= 15 is 0 Å². The molecular formula is C86H104Cl6N10O6S2. The van der Waals surface area contributed by atoms with Crippen LogP contribution >= 0.6 is 98.2 Å². The average molecular weight is 1650 g/mol. The molecule has 8 aromatic carbocycles. The van der Waals surface area contributed by atoms with Gasteiger partial charge in [0.15, 0.2) is 0 Å². The van der Waals surface area contributed by atoms with E-state index in [1.54, 1.807) is 59.9 Å². The quantitative estimate of drug-likeness (QED) is 0.0520. The molecule has 8 aromatic rings. The first-order valence-corrected chi connectivity index (χ1v) is 38.3. The van der Waals surface area contributed by atoms with Crippen molar-refractivity contribution in [3.8, 4) is 0 Å². The molecule has 0 bridgehead atoms. The van der Waals surface area contributed by atoms with Gasteiger partial charge in [0.05, 0.1) is 67.2 Å². The van der Waals surface area contributed by atoms with E-state index in [1.165, 1.54) is 11.1 Å². The average Bonchev–Trinajstić information content (AvgIpc) is 0.767. The second-order valence-corrected chi connectivity index (χ2v) is 31.3. The largest absolute Gasteiger partial charge is 0.346 e. The van der Waals surface area contributed by atoms with E-state index < -0.39 is 34.2 Å². The number of carbonyl (C=O) groups is 6. The summed E-state index contributed by atoms with van der Waals surface area (Å²) in [6.45, 7) is 12.3. The van der Waals surface area contributed by atoms with Gasteiger partial charge in [0, 0.05) is 92.4 Å². The maximum absolute atomic E-state index is 14.8. The minimum absolute atomic E-state index is 0. The Morgan fingerprint density at radius 2 is 0.727 bits per heavy atom. The second kappa shape index (κ2) is 39.8. The van der Waals surface area contributed by atoms with Crippen LogP contribution in [-0.4, -0.2) is 146 Å². The third-order valence-corrected chi connectivity index (χ3v) is 23.7. The molecule has 8 amide bonds. The molecule has 4 heterocycles. The van der Waals surface area contributed by atoms with Crippen LogP contribution < -0.4 is 21.3 Å². The Hall–Kier alpha value is -7.46. The number of likely N-dealkylation sites (N-methyl/N-ethyl adjacent to an activating group) is 4. The zero-order valence-electron chi connectivity index (χ0n) is 63.7. The number of nitrogens with one attached hydrogen (secondary N) is 4. The maximum Gasteiger partial charge on any atom is 0.318 e. The van der Waals surface area contributed by atoms with Crippen molar-refractivity contribution in [1.82, 2.24) is 50.7 Å². The lowest BCUT2D eigenvalue weighted by atomic mass is 9.75. The molecule has 0 aromatic heterocycles. The first-order chi connectivity index (χ1) is 50.8. The molecule has 24 heteroatoms. The summed E-state index contributed by atoms with van der Waals surface area (Å²) in [7, 11) is 7.20. The van der Waals surface area contributed by atoms with Crippen LogP contribution in [0.2, 0.25) is 20.1 Å². The molecule has 110 heavy (non-hydrogen) atoms. The fraction of sp³-hybridized carbons (Fsp3) is 0.372. The molecule has 4 aliphatic heterocycles. The number of fused-ring (bicyclic) bond motifs is 4. The lowest BCUT2D eigenvalue weighted by Gasteiger charge is -2.48. The summed E-state index contributed by atoms with van der Waals surface area (Å²) in [5, 5.41) is 14.9. The minimum Gasteiger partial charge on any atom is -0.346 e. The van der Waals surface area contributed by atoms with Crippen molar-refractivity contribution in [2.75, 3.05) is 80.5 Å². The summed E-state index contributed by atoms with van der Waals surface area (Å²) in [5.41, 5.74) is 7.18. The number of carbonyl (C=O) groups excluding carboxylic acids is 6. The highest BCUT2D eigenvalue weighted by molar-refractivity contribution is 7.59. The number of piperidine rings is 2. The normalized spacial score (nSPS) is 15.9. The molecule has 0 unspecified atom stereocenters. The third-order valence-electron chi connectivity index (χ3n) is 22.2. The van der Waals surface area contributed by atoms with Crippen LogP contribution in [0.4, 0.5) is 9.59 Å². The predicted octanol–water partition coefficient (Wildman–Crippen LogP) is 16.6. The number of halogens is 6. The van der Waals surface area contributed by atoms with E-state index in [4.69, 9.17) is 46.4 Å². The number of urea groups is 2. The van der Waals surface area contributed by atoms with Crippen LogP contribution in [0.15, 0.2) is 206 Å². The van der Waals surface area contributed by atoms with Crippen molar-refractivity contribution in [3.63, 3.8) is 0 Å². The monoisotopic (exact) mass is 1650 g/mol. The van der Waals surface area contributed by atoms with E-state index in [-0.39, 0.29) is 112 Å². The van der Waals surface area contributed by atoms with Crippen molar-refractivity contribution in [1.29, 1.82) is 0 Å². The number of benzene rings is 8. The van der Waals surface area contributed by atoms with Gasteiger partial charge in [0.2, 0.25) is 23.6 Å². The lowest BCUT2D eigenvalue weighted by molar-refractivity contribution is -0.135. The molecule has 4 aliphatic rings. The third kappa shape index (κ3) is 20.5. The zero-order valence-corrected chi connectivity index (χ0v) is 70.4. The van der Waals surface area contributed by atoms with Gasteiger partial charge in [0.1, 0.15) is 0 Å². The number of hydrogen-bond donors (Lipinski definition) is 4. The van der Waals surface area contributed by atoms with Crippen molar-refractivity contribution in [2.24, 2.45) is 11.8 Å². The number of nitrogens with zero attached hydrogens (tertiary/aromatic N) is 6. The highest BCUT2D eigenvalue weighted by Crippen LogP contribution is 2.44. The van der Waals surface area contributed by atoms with Gasteiger partial charge in [-0.15, -0.1) is 24.8 Å². The molecule has 0 aliphatic carbocycles. The van der Waals surface area contributed by atoms with Gasteiger partial charge < -0.3 is 50.7 Å². The van der Waals surface area contributed by atoms with Crippen molar-refractivity contribution < 1.29 is 28.8 Å². The number of amides is 8. The maximum atomic E-state index is 14.8. The Labute approximate surface area is 695 Å². The van der Waals surface area contributed by atoms with Gasteiger partial charge in [-0.3, -0.25) is 19.2 Å². The summed E-state index contributed by atoms with van der Waals surface area (Å²) in [6, 6.07) is 65.7. The molecule has 2 saturated heterocycles. The lowest BCUT2D eigenvalue weighted by Crippen LogP contribution is -2.59. The Kier molecular flexibility index (Phi) is 32.5. The SMILES string of the molecule is CC(C)C(=O)N(C)C[C@](CCN1CCC2(CC1)NC(=O)Cc1ccccc12)(c1ccc(Cl)c(Cl)c1)N(C)C(=O)NC(c1ccccc1)c1ccccc1.CC(C)C(=O)N(C)C[C@](CCN1CCC2(CC1)NC(=O)Cc1ccccc12)(c1ccc(Cl)c(Cl)c1)N(C)C(=O)NC(c1ccccc1)c1ccccc1.Cl.Cl.S.S. The van der Waals surface area contributed by atoms with Gasteiger partial charge in [-0.2, -0.15) is 27.0 Å². The van der Waals surface area contributed by atoms with Crippen LogP contribution in [0.3, 0.4) is 0 Å². The van der Waals surface area contributed by atoms with Crippen molar-refractivity contribution in [2.45, 2.75) is 113 Å². The molecule has 2 atom stereocenters. The minimum atomic E-state index is -1.00. The first-order valence-electron chi connectivity index (χ1n) is 36.8. The molecule has 0 radical (unpaired) electrons. The number of rotatable bonds is 22. The summed E-state index contributed by atoms with van der Waals surface area (Å²) >= 11 is 26.3. The second-order valence-electron chi connectivity index (χ2n) is 29.7. The summed E-state index contributed by atoms with van der Waals surface area (Å²) in [6.07, 6.45) is 4.89. The van der Waals surface area contributed by atoms with Crippen LogP contribution in [0.5, 0.6) is 0 Å². The molecule has 4 N–H and O–H groups in total. The first kappa shape index (κ1) is 89.7. The van der Waals surface area contributed by atoms with Crippen LogP contribution in [0, 0.1) is 11.8 Å². The topological polar surface area (TPSA) is 170 Å². The fourth-order valence-corrected chi connectivity index (χ4v) is 16.9. The summed E-state index contributed by atoms with van der Waals surface area (Å²) in [5.74, 6) is -0.408. The van der Waals surface area contributed by atoms with Gasteiger partial charge in [-0.05, 0) is 118 Å². The van der Waals surface area contributed by atoms with Crippen LogP contribution in [0.1, 0.15) is 134 Å². The molecule has 16 nitrogen and oxygen atoms in total. The predicted molar refractivity (Wildman–Crippen MR) is 459 cm³/mol. The Balaban J connectivity index is 0.000000295. The Morgan fingerprint density at radius 3 is 1.02 bits per heavy atom. The van der Waals surface area contributed by atoms with Gasteiger partial charge in [0.25, 0.3) is 0 Å². The van der Waals surface area contributed by atoms with Crippen LogP contribution in [0.25, 0.3) is 0 Å². The molecule has 2 spiro atoms. The summed E-state index contributed by atoms with van der Waals surface area (Å²) < 4.78 is 0. The fourth-order valence-electron chi connectivity index (χ4n) is 16.3. The van der Waals surface area contributed by atoms with E-state index in [9.17, 15) is 28.8 Å². The van der Waals surface area contributed by atoms with Crippen molar-refractivity contribution in [3.05, 3.63) is 282 Å². The highest BCUT2D eigenvalue weighted by Gasteiger charge is 2.48. The van der Waals surface area contributed by atoms with Crippen molar-refractivity contribution >= 4 is 134 Å². The van der Waals surface area contributed by atoms with E-state index in [2.05, 4.69) is 55.3 Å². The molecule has 12 rings (SSSR count). The standard InChI is InChI=1S/2C43H49Cl2N5O3.2ClH.2H2S/c2*1-30(2)40(52)48(3)29-43(34-19-20-36(44)37(45)28-34,49(4)41(53)46-39(31-13-7-5-8-14-31)32-15-9-6-10-16-32)23-26-50-24-21-42(22-25-50)35-18-12-11-17-33(35)27-38(51)47-42;;;;/h2*5-20,28,30,39H,21-27,29H2,1-4H3,(H,46,53)(H,47,51);2*1H;2*1H2/t2*43-;;;;/m11..../s1. The van der Waals surface area contributed by atoms with Crippen LogP contribution in [-0.2, 0) is 54.2 Å². The number of likely N-dealkylation sites (tertiary alicyclic amines) is 2. The summed E-state index contributed by atoms with van der Waals surface area (Å²) in [4.78, 5) is 94.0. The van der Waals surface area contributed by atoms with Gasteiger partial charge in [-0.1, -0.05) is 256 Å².